The topological polar surface area (TPSA) is 69.0 Å². The van der Waals surface area contributed by atoms with E-state index in [2.05, 4.69) is 27.4 Å². The molecule has 0 aliphatic carbocycles. The molecule has 0 bridgehead atoms. The molecule has 3 aromatic rings. The number of nitrogens with zero attached hydrogens (tertiary/aromatic N) is 3. The van der Waals surface area contributed by atoms with Gasteiger partial charge in [-0.3, -0.25) is 4.90 Å². The lowest BCUT2D eigenvalue weighted by atomic mass is 9.93. The first kappa shape index (κ1) is 27.3. The van der Waals surface area contributed by atoms with Crippen molar-refractivity contribution in [3.05, 3.63) is 70.8 Å². The molecule has 1 saturated heterocycles. The SMILES string of the molecule is CCc1nccn1CCCOc1ccc(CN2CCCC(O)(COc3cc(C)ccc3Cl)C2)cc1OC. The Labute approximate surface area is 224 Å². The molecule has 2 aromatic carbocycles. The first-order chi connectivity index (χ1) is 17.9. The number of imidazole rings is 1. The second-order valence-corrected chi connectivity index (χ2v) is 10.2. The molecule has 1 N–H and O–H groups in total. The fraction of sp³-hybridized carbons (Fsp3) is 0.483. The summed E-state index contributed by atoms with van der Waals surface area (Å²) in [5.74, 6) is 3.17. The van der Waals surface area contributed by atoms with E-state index < -0.39 is 5.60 Å². The molecular formula is C29H38ClN3O4. The van der Waals surface area contributed by atoms with Gasteiger partial charge in [0.05, 0.1) is 18.7 Å². The Balaban J connectivity index is 1.30. The van der Waals surface area contributed by atoms with Gasteiger partial charge in [0.1, 0.15) is 23.8 Å². The van der Waals surface area contributed by atoms with E-state index in [9.17, 15) is 5.11 Å². The van der Waals surface area contributed by atoms with Crippen LogP contribution in [0.4, 0.5) is 0 Å². The number of rotatable bonds is 12. The molecular weight excluding hydrogens is 490 g/mol. The Morgan fingerprint density at radius 1 is 1.11 bits per heavy atom. The Kier molecular flexibility index (Phi) is 9.35. The second kappa shape index (κ2) is 12.7. The molecule has 200 valence electrons. The summed E-state index contributed by atoms with van der Waals surface area (Å²) >= 11 is 6.27. The third-order valence-electron chi connectivity index (χ3n) is 6.77. The van der Waals surface area contributed by atoms with Crippen molar-refractivity contribution in [2.45, 2.75) is 58.2 Å². The predicted octanol–water partition coefficient (Wildman–Crippen LogP) is 5.29. The number of aliphatic hydroxyl groups is 1. The standard InChI is InChI=1S/C29H38ClN3O4/c1-4-28-31-12-15-33(28)14-6-16-36-25-10-8-23(18-27(25)35-3)19-32-13-5-11-29(34,20-32)21-37-26-17-22(2)7-9-24(26)30/h7-10,12,15,17-18,34H,4-6,11,13-14,16,19-21H2,1-3H3. The van der Waals surface area contributed by atoms with Gasteiger partial charge in [-0.25, -0.2) is 4.98 Å². The van der Waals surface area contributed by atoms with Crippen molar-refractivity contribution < 1.29 is 19.3 Å². The third kappa shape index (κ3) is 7.40. The molecule has 4 rings (SSSR count). The number of piperidine rings is 1. The largest absolute Gasteiger partial charge is 0.493 e. The predicted molar refractivity (Wildman–Crippen MR) is 146 cm³/mol. The van der Waals surface area contributed by atoms with Crippen LogP contribution in [0.25, 0.3) is 0 Å². The maximum Gasteiger partial charge on any atom is 0.161 e. The number of ether oxygens (including phenoxy) is 3. The number of aryl methyl sites for hydroxylation is 3. The number of hydrogen-bond acceptors (Lipinski definition) is 6. The zero-order valence-corrected chi connectivity index (χ0v) is 22.8. The molecule has 2 heterocycles. The van der Waals surface area contributed by atoms with Gasteiger partial charge in [0, 0.05) is 38.4 Å². The molecule has 0 amide bonds. The minimum absolute atomic E-state index is 0.210. The van der Waals surface area contributed by atoms with E-state index in [0.717, 1.165) is 60.8 Å². The Morgan fingerprint density at radius 2 is 1.97 bits per heavy atom. The van der Waals surface area contributed by atoms with E-state index in [1.165, 1.54) is 0 Å². The van der Waals surface area contributed by atoms with Crippen LogP contribution in [0.1, 0.15) is 43.1 Å². The average molecular weight is 528 g/mol. The summed E-state index contributed by atoms with van der Waals surface area (Å²) in [7, 11) is 1.67. The molecule has 0 spiro atoms. The third-order valence-corrected chi connectivity index (χ3v) is 7.08. The molecule has 1 aliphatic rings. The van der Waals surface area contributed by atoms with Crippen molar-refractivity contribution >= 4 is 11.6 Å². The first-order valence-electron chi connectivity index (χ1n) is 13.0. The Hall–Kier alpha value is -2.74. The van der Waals surface area contributed by atoms with Crippen molar-refractivity contribution in [3.63, 3.8) is 0 Å². The number of β-amino-alcohol motifs (C(OH)–C–C–N with tert-alkyl or cyclic N) is 1. The van der Waals surface area contributed by atoms with Crippen LogP contribution in [-0.4, -0.2) is 58.6 Å². The van der Waals surface area contributed by atoms with Crippen LogP contribution in [0.3, 0.4) is 0 Å². The van der Waals surface area contributed by atoms with Gasteiger partial charge >= 0.3 is 0 Å². The molecule has 1 atom stereocenters. The highest BCUT2D eigenvalue weighted by Gasteiger charge is 2.34. The van der Waals surface area contributed by atoms with Crippen LogP contribution in [0.2, 0.25) is 5.02 Å². The molecule has 1 aromatic heterocycles. The smallest absolute Gasteiger partial charge is 0.161 e. The summed E-state index contributed by atoms with van der Waals surface area (Å²) in [5, 5.41) is 11.8. The number of likely N-dealkylation sites (tertiary alicyclic amines) is 1. The van der Waals surface area contributed by atoms with Crippen LogP contribution < -0.4 is 14.2 Å². The van der Waals surface area contributed by atoms with E-state index >= 15 is 0 Å². The summed E-state index contributed by atoms with van der Waals surface area (Å²) in [5.41, 5.74) is 1.26. The zero-order valence-electron chi connectivity index (χ0n) is 22.1. The number of hydrogen-bond donors (Lipinski definition) is 1. The van der Waals surface area contributed by atoms with Gasteiger partial charge in [0.2, 0.25) is 0 Å². The van der Waals surface area contributed by atoms with Crippen molar-refractivity contribution in [2.24, 2.45) is 0 Å². The monoisotopic (exact) mass is 527 g/mol. The summed E-state index contributed by atoms with van der Waals surface area (Å²) in [6, 6.07) is 11.7. The molecule has 0 radical (unpaired) electrons. The van der Waals surface area contributed by atoms with Crippen molar-refractivity contribution in [1.29, 1.82) is 0 Å². The molecule has 1 unspecified atom stereocenters. The maximum absolute atomic E-state index is 11.2. The van der Waals surface area contributed by atoms with Crippen molar-refractivity contribution in [1.82, 2.24) is 14.5 Å². The number of benzene rings is 2. The lowest BCUT2D eigenvalue weighted by Crippen LogP contribution is -2.51. The molecule has 1 aliphatic heterocycles. The highest BCUT2D eigenvalue weighted by atomic mass is 35.5. The van der Waals surface area contributed by atoms with Crippen LogP contribution in [0, 0.1) is 6.92 Å². The van der Waals surface area contributed by atoms with E-state index in [1.54, 1.807) is 7.11 Å². The van der Waals surface area contributed by atoms with Crippen LogP contribution >= 0.6 is 11.6 Å². The van der Waals surface area contributed by atoms with Crippen LogP contribution in [0.5, 0.6) is 17.2 Å². The number of halogens is 1. The quantitative estimate of drug-likeness (QED) is 0.323. The lowest BCUT2D eigenvalue weighted by molar-refractivity contribution is -0.0621. The van der Waals surface area contributed by atoms with Gasteiger partial charge in [0.25, 0.3) is 0 Å². The summed E-state index contributed by atoms with van der Waals surface area (Å²) in [6.45, 7) is 7.96. The fourth-order valence-corrected chi connectivity index (χ4v) is 5.03. The van der Waals surface area contributed by atoms with Crippen molar-refractivity contribution in [3.8, 4) is 17.2 Å². The van der Waals surface area contributed by atoms with Crippen LogP contribution in [0.15, 0.2) is 48.8 Å². The second-order valence-electron chi connectivity index (χ2n) is 9.84. The normalized spacial score (nSPS) is 18.1. The molecule has 8 heteroatoms. The van der Waals surface area contributed by atoms with E-state index in [-0.39, 0.29) is 6.61 Å². The van der Waals surface area contributed by atoms with E-state index in [4.69, 9.17) is 25.8 Å². The summed E-state index contributed by atoms with van der Waals surface area (Å²) < 4.78 is 19.8. The lowest BCUT2D eigenvalue weighted by Gasteiger charge is -2.39. The van der Waals surface area contributed by atoms with E-state index in [1.807, 2.05) is 49.6 Å². The molecule has 37 heavy (non-hydrogen) atoms. The molecule has 0 saturated carbocycles. The minimum Gasteiger partial charge on any atom is -0.493 e. The van der Waals surface area contributed by atoms with Gasteiger partial charge in [-0.2, -0.15) is 0 Å². The fourth-order valence-electron chi connectivity index (χ4n) is 4.85. The Bertz CT molecular complexity index is 1170. The summed E-state index contributed by atoms with van der Waals surface area (Å²) in [4.78, 5) is 6.63. The highest BCUT2D eigenvalue weighted by Crippen LogP contribution is 2.31. The summed E-state index contributed by atoms with van der Waals surface area (Å²) in [6.07, 6.45) is 7.26. The number of methoxy groups -OCH3 is 1. The highest BCUT2D eigenvalue weighted by molar-refractivity contribution is 6.32. The van der Waals surface area contributed by atoms with Gasteiger partial charge in [0.15, 0.2) is 11.5 Å². The van der Waals surface area contributed by atoms with Gasteiger partial charge in [-0.1, -0.05) is 30.7 Å². The van der Waals surface area contributed by atoms with Crippen molar-refractivity contribution in [2.75, 3.05) is 33.4 Å². The van der Waals surface area contributed by atoms with Gasteiger partial charge < -0.3 is 23.9 Å². The van der Waals surface area contributed by atoms with Gasteiger partial charge in [-0.15, -0.1) is 0 Å². The maximum atomic E-state index is 11.2. The minimum atomic E-state index is -0.925. The first-order valence-corrected chi connectivity index (χ1v) is 13.4. The zero-order chi connectivity index (χ0) is 26.3. The average Bonchev–Trinajstić information content (AvgIpc) is 3.35. The Morgan fingerprint density at radius 3 is 2.78 bits per heavy atom. The molecule has 7 nitrogen and oxygen atoms in total. The number of aromatic nitrogens is 2. The molecule has 1 fully saturated rings. The van der Waals surface area contributed by atoms with Gasteiger partial charge in [-0.05, 0) is 68.1 Å². The van der Waals surface area contributed by atoms with Crippen LogP contribution in [-0.2, 0) is 19.5 Å². The van der Waals surface area contributed by atoms with E-state index in [0.29, 0.717) is 36.9 Å².